The third-order valence-electron chi connectivity index (χ3n) is 4.09. The number of nitrogens with zero attached hydrogens (tertiary/aromatic N) is 3. The number of nitrogens with one attached hydrogen (secondary N) is 1. The number of anilines is 1. The predicted octanol–water partition coefficient (Wildman–Crippen LogP) is 4.24. The molecule has 4 aromatic rings. The van der Waals surface area contributed by atoms with E-state index in [1.165, 1.54) is 23.5 Å². The molecule has 5 nitrogen and oxygen atoms in total. The molecule has 7 heteroatoms. The Morgan fingerprint density at radius 2 is 1.96 bits per heavy atom. The van der Waals surface area contributed by atoms with Crippen molar-refractivity contribution in [1.29, 1.82) is 0 Å². The SMILES string of the molecule is Cc1ncsc1C(=O)Nc1nn(Cc2ccc(F)cc2)c2ccccc12. The fourth-order valence-corrected chi connectivity index (χ4v) is 3.48. The van der Waals surface area contributed by atoms with Gasteiger partial charge in [0.1, 0.15) is 10.7 Å². The van der Waals surface area contributed by atoms with Crippen LogP contribution in [0.25, 0.3) is 10.9 Å². The Morgan fingerprint density at radius 3 is 2.69 bits per heavy atom. The van der Waals surface area contributed by atoms with E-state index < -0.39 is 0 Å². The largest absolute Gasteiger partial charge is 0.304 e. The summed E-state index contributed by atoms with van der Waals surface area (Å²) in [6.07, 6.45) is 0. The predicted molar refractivity (Wildman–Crippen MR) is 100 cm³/mol. The molecule has 0 fully saturated rings. The van der Waals surface area contributed by atoms with Gasteiger partial charge < -0.3 is 5.32 Å². The summed E-state index contributed by atoms with van der Waals surface area (Å²) in [6.45, 7) is 2.28. The van der Waals surface area contributed by atoms with Crippen molar-refractivity contribution < 1.29 is 9.18 Å². The molecule has 2 aromatic heterocycles. The molecular formula is C19H15FN4OS. The van der Waals surface area contributed by atoms with Crippen molar-refractivity contribution in [2.45, 2.75) is 13.5 Å². The van der Waals surface area contributed by atoms with E-state index >= 15 is 0 Å². The Bertz CT molecular complexity index is 1080. The molecule has 2 heterocycles. The molecule has 1 N–H and O–H groups in total. The average molecular weight is 366 g/mol. The van der Waals surface area contributed by atoms with Crippen LogP contribution in [0.5, 0.6) is 0 Å². The van der Waals surface area contributed by atoms with Gasteiger partial charge in [-0.2, -0.15) is 5.10 Å². The molecular weight excluding hydrogens is 351 g/mol. The van der Waals surface area contributed by atoms with Gasteiger partial charge in [-0.05, 0) is 36.8 Å². The van der Waals surface area contributed by atoms with Crippen molar-refractivity contribution in [3.63, 3.8) is 0 Å². The van der Waals surface area contributed by atoms with Crippen LogP contribution in [0.2, 0.25) is 0 Å². The quantitative estimate of drug-likeness (QED) is 0.588. The Morgan fingerprint density at radius 1 is 1.19 bits per heavy atom. The second-order valence-corrected chi connectivity index (χ2v) is 6.73. The second kappa shape index (κ2) is 6.68. The number of hydrogen-bond donors (Lipinski definition) is 1. The zero-order valence-corrected chi connectivity index (χ0v) is 14.8. The molecule has 26 heavy (non-hydrogen) atoms. The van der Waals surface area contributed by atoms with E-state index in [9.17, 15) is 9.18 Å². The minimum Gasteiger partial charge on any atom is -0.304 e. The van der Waals surface area contributed by atoms with Crippen molar-refractivity contribution in [3.8, 4) is 0 Å². The Labute approximate surface area is 153 Å². The lowest BCUT2D eigenvalue weighted by atomic mass is 10.2. The van der Waals surface area contributed by atoms with Crippen LogP contribution >= 0.6 is 11.3 Å². The first-order valence-electron chi connectivity index (χ1n) is 8.03. The average Bonchev–Trinajstić information content (AvgIpc) is 3.22. The summed E-state index contributed by atoms with van der Waals surface area (Å²) in [4.78, 5) is 17.2. The molecule has 1 amide bonds. The highest BCUT2D eigenvalue weighted by atomic mass is 32.1. The second-order valence-electron chi connectivity index (χ2n) is 5.87. The number of halogens is 1. The highest BCUT2D eigenvalue weighted by Gasteiger charge is 2.16. The molecule has 0 aliphatic rings. The minimum atomic E-state index is -0.271. The third-order valence-corrected chi connectivity index (χ3v) is 5.01. The topological polar surface area (TPSA) is 59.8 Å². The number of aromatic nitrogens is 3. The summed E-state index contributed by atoms with van der Waals surface area (Å²) in [5.41, 5.74) is 4.17. The first kappa shape index (κ1) is 16.4. The molecule has 0 aliphatic heterocycles. The highest BCUT2D eigenvalue weighted by molar-refractivity contribution is 7.12. The van der Waals surface area contributed by atoms with Gasteiger partial charge >= 0.3 is 0 Å². The molecule has 0 unspecified atom stereocenters. The normalized spacial score (nSPS) is 11.0. The van der Waals surface area contributed by atoms with E-state index in [0.29, 0.717) is 22.9 Å². The Hall–Kier alpha value is -3.06. The zero-order chi connectivity index (χ0) is 18.1. The van der Waals surface area contributed by atoms with Crippen molar-refractivity contribution in [1.82, 2.24) is 14.8 Å². The smallest absolute Gasteiger partial charge is 0.268 e. The highest BCUT2D eigenvalue weighted by Crippen LogP contribution is 2.25. The van der Waals surface area contributed by atoms with Gasteiger partial charge in [0.2, 0.25) is 0 Å². The molecule has 0 saturated carbocycles. The fourth-order valence-electron chi connectivity index (χ4n) is 2.79. The van der Waals surface area contributed by atoms with E-state index in [-0.39, 0.29) is 11.7 Å². The van der Waals surface area contributed by atoms with Gasteiger partial charge in [0.05, 0.1) is 23.3 Å². The summed E-state index contributed by atoms with van der Waals surface area (Å²) < 4.78 is 14.9. The van der Waals surface area contributed by atoms with Crippen LogP contribution in [-0.4, -0.2) is 20.7 Å². The van der Waals surface area contributed by atoms with Crippen LogP contribution in [0.4, 0.5) is 10.2 Å². The van der Waals surface area contributed by atoms with Crippen LogP contribution in [0.15, 0.2) is 54.0 Å². The first-order chi connectivity index (χ1) is 12.6. The van der Waals surface area contributed by atoms with Gasteiger partial charge in [-0.3, -0.25) is 9.48 Å². The van der Waals surface area contributed by atoms with Crippen molar-refractivity contribution in [2.24, 2.45) is 0 Å². The van der Waals surface area contributed by atoms with E-state index in [1.807, 2.05) is 24.3 Å². The van der Waals surface area contributed by atoms with Crippen LogP contribution < -0.4 is 5.32 Å². The number of thiazole rings is 1. The molecule has 0 radical (unpaired) electrons. The van der Waals surface area contributed by atoms with Crippen molar-refractivity contribution in [2.75, 3.05) is 5.32 Å². The van der Waals surface area contributed by atoms with E-state index in [4.69, 9.17) is 0 Å². The third kappa shape index (κ3) is 3.09. The van der Waals surface area contributed by atoms with Gasteiger partial charge in [0, 0.05) is 5.39 Å². The van der Waals surface area contributed by atoms with Crippen LogP contribution in [0.1, 0.15) is 20.9 Å². The number of amides is 1. The molecule has 0 saturated heterocycles. The molecule has 130 valence electrons. The molecule has 4 rings (SSSR count). The number of carbonyl (C=O) groups excluding carboxylic acids is 1. The number of hydrogen-bond acceptors (Lipinski definition) is 4. The van der Waals surface area contributed by atoms with E-state index in [1.54, 1.807) is 29.2 Å². The van der Waals surface area contributed by atoms with Crippen LogP contribution in [-0.2, 0) is 6.54 Å². The number of aryl methyl sites for hydroxylation is 1. The summed E-state index contributed by atoms with van der Waals surface area (Å²) in [5, 5.41) is 8.30. The summed E-state index contributed by atoms with van der Waals surface area (Å²) in [6, 6.07) is 14.0. The van der Waals surface area contributed by atoms with Crippen molar-refractivity contribution >= 4 is 34.0 Å². The summed E-state index contributed by atoms with van der Waals surface area (Å²) in [7, 11) is 0. The van der Waals surface area contributed by atoms with Gasteiger partial charge in [-0.25, -0.2) is 9.37 Å². The lowest BCUT2D eigenvalue weighted by Crippen LogP contribution is -2.12. The molecule has 0 atom stereocenters. The summed E-state index contributed by atoms with van der Waals surface area (Å²) in [5.74, 6) is 0.00893. The van der Waals surface area contributed by atoms with Gasteiger partial charge in [0.25, 0.3) is 5.91 Å². The molecule has 0 aliphatic carbocycles. The fraction of sp³-hybridized carbons (Fsp3) is 0.105. The number of para-hydroxylation sites is 1. The summed E-state index contributed by atoms with van der Waals surface area (Å²) >= 11 is 1.30. The molecule has 0 bridgehead atoms. The lowest BCUT2D eigenvalue weighted by molar-refractivity contribution is 0.102. The maximum absolute atomic E-state index is 13.1. The van der Waals surface area contributed by atoms with E-state index in [2.05, 4.69) is 15.4 Å². The maximum Gasteiger partial charge on any atom is 0.268 e. The van der Waals surface area contributed by atoms with Gasteiger partial charge in [-0.1, -0.05) is 24.3 Å². The van der Waals surface area contributed by atoms with Gasteiger partial charge in [-0.15, -0.1) is 11.3 Å². The lowest BCUT2D eigenvalue weighted by Gasteiger charge is -2.03. The molecule has 2 aromatic carbocycles. The molecule has 0 spiro atoms. The van der Waals surface area contributed by atoms with Crippen molar-refractivity contribution in [3.05, 3.63) is 76.0 Å². The number of fused-ring (bicyclic) bond motifs is 1. The number of carbonyl (C=O) groups is 1. The number of benzene rings is 2. The zero-order valence-electron chi connectivity index (χ0n) is 13.9. The monoisotopic (exact) mass is 366 g/mol. The Balaban J connectivity index is 1.68. The number of rotatable bonds is 4. The van der Waals surface area contributed by atoms with E-state index in [0.717, 1.165) is 16.5 Å². The standard InChI is InChI=1S/C19H15FN4OS/c1-12-17(26-11-21-12)19(25)22-18-15-4-2-3-5-16(15)24(23-18)10-13-6-8-14(20)9-7-13/h2-9,11H,10H2,1H3,(H,22,23,25). The van der Waals surface area contributed by atoms with Crippen LogP contribution in [0.3, 0.4) is 0 Å². The maximum atomic E-state index is 13.1. The minimum absolute atomic E-state index is 0.220. The first-order valence-corrected chi connectivity index (χ1v) is 8.91. The van der Waals surface area contributed by atoms with Gasteiger partial charge in [0.15, 0.2) is 5.82 Å². The van der Waals surface area contributed by atoms with Crippen LogP contribution in [0, 0.1) is 12.7 Å². The Kier molecular flexibility index (Phi) is 4.22.